The molecule has 0 radical (unpaired) electrons. The third-order valence-corrected chi connectivity index (χ3v) is 4.37. The van der Waals surface area contributed by atoms with Gasteiger partial charge in [-0.1, -0.05) is 0 Å². The Kier molecular flexibility index (Phi) is 4.37. The van der Waals surface area contributed by atoms with Crippen molar-refractivity contribution in [1.82, 2.24) is 0 Å². The molecule has 3 heteroatoms. The second-order valence-corrected chi connectivity index (χ2v) is 7.20. The van der Waals surface area contributed by atoms with E-state index in [1.807, 2.05) is 39.0 Å². The van der Waals surface area contributed by atoms with Gasteiger partial charge in [-0.15, -0.1) is 0 Å². The van der Waals surface area contributed by atoms with Crippen LogP contribution < -0.4 is 4.46 Å². The van der Waals surface area contributed by atoms with Gasteiger partial charge < -0.3 is 0 Å². The zero-order chi connectivity index (χ0) is 11.3. The van der Waals surface area contributed by atoms with Crippen molar-refractivity contribution in [3.8, 4) is 0 Å². The number of carbonyl (C=O) groups is 1. The Bertz CT molecular complexity index is 320. The molecule has 0 aliphatic carbocycles. The van der Waals surface area contributed by atoms with Crippen molar-refractivity contribution in [3.63, 3.8) is 0 Å². The van der Waals surface area contributed by atoms with E-state index >= 15 is 0 Å². The van der Waals surface area contributed by atoms with Gasteiger partial charge in [-0.3, -0.25) is 0 Å². The normalized spacial score (nSPS) is 11.1. The van der Waals surface area contributed by atoms with Crippen LogP contribution in [0.4, 0.5) is 0 Å². The number of esters is 1. The summed E-state index contributed by atoms with van der Waals surface area (Å²) in [6.07, 6.45) is 0. The van der Waals surface area contributed by atoms with Gasteiger partial charge in [-0.2, -0.15) is 0 Å². The van der Waals surface area contributed by atoms with Crippen molar-refractivity contribution in [2.75, 3.05) is 6.61 Å². The molecule has 0 spiro atoms. The molecule has 1 aromatic rings. The fourth-order valence-corrected chi connectivity index (χ4v) is 3.28. The standard InChI is InChI=1S/C12H16O2Se/c1-4-14-11(13)12(2,3)15-10-8-6-5-7-9-10/h5-9H,4H2,1-3H3. The van der Waals surface area contributed by atoms with Crippen LogP contribution in [0, 0.1) is 0 Å². The number of benzene rings is 1. The molecule has 1 rings (SSSR count). The molecular weight excluding hydrogens is 255 g/mol. The van der Waals surface area contributed by atoms with Crippen molar-refractivity contribution >= 4 is 25.4 Å². The van der Waals surface area contributed by atoms with Crippen LogP contribution in [0.15, 0.2) is 30.3 Å². The van der Waals surface area contributed by atoms with E-state index in [0.29, 0.717) is 6.61 Å². The van der Waals surface area contributed by atoms with Gasteiger partial charge in [0.05, 0.1) is 0 Å². The average molecular weight is 271 g/mol. The summed E-state index contributed by atoms with van der Waals surface area (Å²) in [5.74, 6) is -0.103. The van der Waals surface area contributed by atoms with E-state index in [-0.39, 0.29) is 25.2 Å². The molecule has 82 valence electrons. The van der Waals surface area contributed by atoms with Gasteiger partial charge in [0.1, 0.15) is 0 Å². The van der Waals surface area contributed by atoms with Gasteiger partial charge >= 0.3 is 96.9 Å². The Labute approximate surface area is 97.2 Å². The summed E-state index contributed by atoms with van der Waals surface area (Å²) in [7, 11) is 0. The third kappa shape index (κ3) is 3.69. The molecule has 15 heavy (non-hydrogen) atoms. The van der Waals surface area contributed by atoms with E-state index in [0.717, 1.165) is 0 Å². The Balaban J connectivity index is 2.68. The maximum absolute atomic E-state index is 11.7. The second kappa shape index (κ2) is 5.34. The summed E-state index contributed by atoms with van der Waals surface area (Å²) < 4.78 is 5.90. The van der Waals surface area contributed by atoms with E-state index in [1.165, 1.54) is 4.46 Å². The molecule has 0 N–H and O–H groups in total. The minimum atomic E-state index is -0.385. The molecule has 1 aromatic carbocycles. The van der Waals surface area contributed by atoms with Gasteiger partial charge in [0, 0.05) is 0 Å². The van der Waals surface area contributed by atoms with Crippen LogP contribution in [0.2, 0.25) is 4.31 Å². The van der Waals surface area contributed by atoms with Gasteiger partial charge in [0.2, 0.25) is 0 Å². The summed E-state index contributed by atoms with van der Waals surface area (Å²) >= 11 is 0.112. The predicted molar refractivity (Wildman–Crippen MR) is 62.5 cm³/mol. The van der Waals surface area contributed by atoms with Crippen LogP contribution in [0.25, 0.3) is 0 Å². The molecule has 0 heterocycles. The van der Waals surface area contributed by atoms with Gasteiger partial charge in [-0.25, -0.2) is 0 Å². The van der Waals surface area contributed by atoms with Crippen LogP contribution >= 0.6 is 0 Å². The third-order valence-electron chi connectivity index (χ3n) is 1.88. The molecule has 2 nitrogen and oxygen atoms in total. The molecule has 0 amide bonds. The number of rotatable bonds is 4. The van der Waals surface area contributed by atoms with Crippen LogP contribution in [0.3, 0.4) is 0 Å². The van der Waals surface area contributed by atoms with E-state index in [2.05, 4.69) is 12.1 Å². The quantitative estimate of drug-likeness (QED) is 0.616. The molecule has 0 saturated heterocycles. The first kappa shape index (κ1) is 12.3. The van der Waals surface area contributed by atoms with Crippen LogP contribution in [-0.4, -0.2) is 27.5 Å². The molecule has 0 atom stereocenters. The van der Waals surface area contributed by atoms with Crippen LogP contribution in [0.5, 0.6) is 0 Å². The molecule has 0 aliphatic rings. The van der Waals surface area contributed by atoms with Crippen LogP contribution in [-0.2, 0) is 9.53 Å². The zero-order valence-electron chi connectivity index (χ0n) is 9.32. The summed E-state index contributed by atoms with van der Waals surface area (Å²) in [6, 6.07) is 10.1. The molecule has 0 fully saturated rings. The number of ether oxygens (including phenoxy) is 1. The first-order valence-corrected chi connectivity index (χ1v) is 6.69. The van der Waals surface area contributed by atoms with Crippen molar-refractivity contribution in [2.24, 2.45) is 0 Å². The molecule has 0 saturated carbocycles. The zero-order valence-corrected chi connectivity index (χ0v) is 11.0. The number of hydrogen-bond donors (Lipinski definition) is 0. The Morgan fingerprint density at radius 2 is 1.93 bits per heavy atom. The fraction of sp³-hybridized carbons (Fsp3) is 0.417. The van der Waals surface area contributed by atoms with Crippen molar-refractivity contribution < 1.29 is 9.53 Å². The summed E-state index contributed by atoms with van der Waals surface area (Å²) in [6.45, 7) is 6.17. The molecule has 0 unspecified atom stereocenters. The van der Waals surface area contributed by atoms with Crippen molar-refractivity contribution in [3.05, 3.63) is 30.3 Å². The topological polar surface area (TPSA) is 26.3 Å². The first-order chi connectivity index (χ1) is 7.06. The van der Waals surface area contributed by atoms with Gasteiger partial charge in [0.25, 0.3) is 0 Å². The van der Waals surface area contributed by atoms with E-state index in [1.54, 1.807) is 0 Å². The first-order valence-electron chi connectivity index (χ1n) is 4.97. The maximum atomic E-state index is 11.7. The van der Waals surface area contributed by atoms with Gasteiger partial charge in [-0.05, 0) is 0 Å². The Hall–Kier alpha value is -0.791. The summed E-state index contributed by atoms with van der Waals surface area (Å²) in [5, 5.41) is 0. The molecule has 0 aliphatic heterocycles. The predicted octanol–water partition coefficient (Wildman–Crippen LogP) is 1.78. The van der Waals surface area contributed by atoms with E-state index in [4.69, 9.17) is 4.74 Å². The minimum absolute atomic E-state index is 0.103. The SMILES string of the molecule is CCOC(=O)C(C)(C)[Se]c1ccccc1. The van der Waals surface area contributed by atoms with E-state index < -0.39 is 0 Å². The number of carbonyl (C=O) groups excluding carboxylic acids is 1. The fourth-order valence-electron chi connectivity index (χ4n) is 1.13. The molecule has 0 aromatic heterocycles. The van der Waals surface area contributed by atoms with Gasteiger partial charge in [0.15, 0.2) is 0 Å². The monoisotopic (exact) mass is 272 g/mol. The number of hydrogen-bond acceptors (Lipinski definition) is 2. The molecule has 0 bridgehead atoms. The second-order valence-electron chi connectivity index (χ2n) is 3.65. The van der Waals surface area contributed by atoms with Crippen molar-refractivity contribution in [2.45, 2.75) is 25.1 Å². The van der Waals surface area contributed by atoms with Crippen molar-refractivity contribution in [1.29, 1.82) is 0 Å². The summed E-state index contributed by atoms with van der Waals surface area (Å²) in [5.41, 5.74) is 0. The average Bonchev–Trinajstić information content (AvgIpc) is 2.19. The van der Waals surface area contributed by atoms with Crippen LogP contribution in [0.1, 0.15) is 20.8 Å². The Morgan fingerprint density at radius 1 is 1.33 bits per heavy atom. The summed E-state index contributed by atoms with van der Waals surface area (Å²) in [4.78, 5) is 11.7. The van der Waals surface area contributed by atoms with E-state index in [9.17, 15) is 4.79 Å². The molecular formula is C12H16O2Se. The Morgan fingerprint density at radius 3 is 2.47 bits per heavy atom.